The van der Waals surface area contributed by atoms with Crippen molar-refractivity contribution in [2.45, 2.75) is 38.0 Å². The second kappa shape index (κ2) is 7.61. The largest absolute Gasteiger partial charge is 0.324 e. The summed E-state index contributed by atoms with van der Waals surface area (Å²) in [6, 6.07) is 4.81. The zero-order valence-electron chi connectivity index (χ0n) is 14.4. The molecule has 9 heteroatoms. The van der Waals surface area contributed by atoms with Gasteiger partial charge in [0.05, 0.1) is 5.71 Å². The van der Waals surface area contributed by atoms with Gasteiger partial charge in [-0.25, -0.2) is 18.8 Å². The molecule has 0 fully saturated rings. The lowest BCUT2D eigenvalue weighted by Gasteiger charge is -2.27. The number of amides is 2. The summed E-state index contributed by atoms with van der Waals surface area (Å²) in [5.41, 5.74) is 1.83. The minimum absolute atomic E-state index is 0.156. The van der Waals surface area contributed by atoms with Crippen molar-refractivity contribution in [3.8, 4) is 6.07 Å². The number of nitrogens with one attached hydrogen (secondary N) is 1. The number of hydrogen-bond donors (Lipinski definition) is 1. The van der Waals surface area contributed by atoms with Gasteiger partial charge in [-0.15, -0.1) is 0 Å². The van der Waals surface area contributed by atoms with E-state index in [0.717, 1.165) is 5.01 Å². The zero-order chi connectivity index (χ0) is 19.4. The van der Waals surface area contributed by atoms with E-state index in [2.05, 4.69) is 15.4 Å². The van der Waals surface area contributed by atoms with E-state index in [1.54, 1.807) is 0 Å². The summed E-state index contributed by atoms with van der Waals surface area (Å²) < 4.78 is 26.6. The lowest BCUT2D eigenvalue weighted by Crippen LogP contribution is -2.38. The Morgan fingerprint density at radius 2 is 2.19 bits per heavy atom. The fourth-order valence-corrected chi connectivity index (χ4v) is 2.92. The quantitative estimate of drug-likeness (QED) is 0.877. The van der Waals surface area contributed by atoms with Gasteiger partial charge in [-0.2, -0.15) is 10.4 Å². The van der Waals surface area contributed by atoms with E-state index in [4.69, 9.17) is 5.26 Å². The van der Waals surface area contributed by atoms with Crippen LogP contribution in [-0.2, 0) is 9.59 Å². The molecule has 1 N–H and O–H groups in total. The Morgan fingerprint density at radius 1 is 1.37 bits per heavy atom. The number of pyridine rings is 1. The number of carbonyl (C=O) groups excluding carboxylic acids is 2. The first kappa shape index (κ1) is 18.6. The van der Waals surface area contributed by atoms with Gasteiger partial charge < -0.3 is 5.32 Å². The van der Waals surface area contributed by atoms with E-state index in [9.17, 15) is 18.4 Å². The number of hydrazone groups is 1. The highest BCUT2D eigenvalue weighted by atomic mass is 19.3. The van der Waals surface area contributed by atoms with Crippen LogP contribution in [0.3, 0.4) is 0 Å². The summed E-state index contributed by atoms with van der Waals surface area (Å²) in [5.74, 6) is -3.48. The van der Waals surface area contributed by atoms with Crippen molar-refractivity contribution in [2.75, 3.05) is 11.9 Å². The molecule has 0 aromatic carbocycles. The fraction of sp³-hybridized carbons (Fsp3) is 0.389. The van der Waals surface area contributed by atoms with Crippen LogP contribution in [-0.4, -0.2) is 40.0 Å². The summed E-state index contributed by atoms with van der Waals surface area (Å²) in [4.78, 5) is 28.1. The Hall–Kier alpha value is -3.15. The van der Waals surface area contributed by atoms with E-state index in [-0.39, 0.29) is 43.8 Å². The normalized spacial score (nSPS) is 19.0. The first-order valence-electron chi connectivity index (χ1n) is 8.47. The standard InChI is InChI=1S/C18H17F2N5O2/c19-18(20)6-3-12(4-7-18)15-1-2-17(27)25(24-15)11-16(26)23-13-5-8-22-14(9-13)10-21/h3,5,8-9H,1-2,4,6-7,11H2,(H,22,23,26). The Balaban J connectivity index is 1.67. The minimum atomic E-state index is -2.69. The molecule has 0 unspecified atom stereocenters. The van der Waals surface area contributed by atoms with Crippen LogP contribution in [0.15, 0.2) is 35.1 Å². The van der Waals surface area contributed by atoms with Gasteiger partial charge in [0.25, 0.3) is 5.92 Å². The third kappa shape index (κ3) is 4.73. The van der Waals surface area contributed by atoms with E-state index >= 15 is 0 Å². The molecular formula is C18H17F2N5O2. The predicted octanol–water partition coefficient (Wildman–Crippen LogP) is 2.62. The topological polar surface area (TPSA) is 98.5 Å². The molecule has 3 rings (SSSR count). The number of hydrogen-bond acceptors (Lipinski definition) is 5. The Morgan fingerprint density at radius 3 is 2.89 bits per heavy atom. The van der Waals surface area contributed by atoms with Crippen molar-refractivity contribution < 1.29 is 18.4 Å². The molecular weight excluding hydrogens is 356 g/mol. The van der Waals surface area contributed by atoms with E-state index in [1.807, 2.05) is 6.07 Å². The minimum Gasteiger partial charge on any atom is -0.324 e. The number of halogens is 2. The van der Waals surface area contributed by atoms with Crippen molar-refractivity contribution in [3.63, 3.8) is 0 Å². The van der Waals surface area contributed by atoms with Crippen LogP contribution in [0.2, 0.25) is 0 Å². The number of anilines is 1. The molecule has 0 bridgehead atoms. The molecule has 0 saturated carbocycles. The van der Waals surface area contributed by atoms with Gasteiger partial charge in [0.15, 0.2) is 0 Å². The summed E-state index contributed by atoms with van der Waals surface area (Å²) >= 11 is 0. The van der Waals surface area contributed by atoms with Crippen LogP contribution in [0.4, 0.5) is 14.5 Å². The predicted molar refractivity (Wildman–Crippen MR) is 92.8 cm³/mol. The fourth-order valence-electron chi connectivity index (χ4n) is 2.92. The van der Waals surface area contributed by atoms with Gasteiger partial charge in [0.2, 0.25) is 11.8 Å². The third-order valence-electron chi connectivity index (χ3n) is 4.33. The van der Waals surface area contributed by atoms with Crippen LogP contribution in [0.25, 0.3) is 0 Å². The number of nitrogens with zero attached hydrogens (tertiary/aromatic N) is 4. The van der Waals surface area contributed by atoms with Gasteiger partial charge in [-0.1, -0.05) is 6.08 Å². The molecule has 140 valence electrons. The van der Waals surface area contributed by atoms with Gasteiger partial charge >= 0.3 is 0 Å². The summed E-state index contributed by atoms with van der Waals surface area (Å²) in [6.45, 7) is -0.296. The van der Waals surface area contributed by atoms with Crippen LogP contribution in [0.1, 0.15) is 37.8 Å². The molecule has 0 spiro atoms. The van der Waals surface area contributed by atoms with Crippen molar-refractivity contribution in [3.05, 3.63) is 35.7 Å². The highest BCUT2D eigenvalue weighted by Gasteiger charge is 2.33. The van der Waals surface area contributed by atoms with Crippen molar-refractivity contribution in [1.82, 2.24) is 9.99 Å². The summed E-state index contributed by atoms with van der Waals surface area (Å²) in [5, 5.41) is 16.7. The molecule has 0 saturated heterocycles. The lowest BCUT2D eigenvalue weighted by atomic mass is 9.91. The molecule has 27 heavy (non-hydrogen) atoms. The zero-order valence-corrected chi connectivity index (χ0v) is 14.4. The monoisotopic (exact) mass is 373 g/mol. The molecule has 2 heterocycles. The molecule has 1 aromatic rings. The van der Waals surface area contributed by atoms with Gasteiger partial charge in [0.1, 0.15) is 18.3 Å². The molecule has 2 amide bonds. The van der Waals surface area contributed by atoms with E-state index < -0.39 is 11.8 Å². The van der Waals surface area contributed by atoms with Crippen molar-refractivity contribution in [1.29, 1.82) is 5.26 Å². The molecule has 1 aliphatic carbocycles. The van der Waals surface area contributed by atoms with Crippen LogP contribution < -0.4 is 5.32 Å². The van der Waals surface area contributed by atoms with Gasteiger partial charge in [0, 0.05) is 37.6 Å². The van der Waals surface area contributed by atoms with Gasteiger partial charge in [-0.3, -0.25) is 9.59 Å². The molecule has 0 radical (unpaired) electrons. The van der Waals surface area contributed by atoms with Crippen LogP contribution in [0, 0.1) is 11.3 Å². The highest BCUT2D eigenvalue weighted by molar-refractivity contribution is 6.04. The molecule has 2 aliphatic rings. The lowest BCUT2D eigenvalue weighted by molar-refractivity contribution is -0.135. The van der Waals surface area contributed by atoms with Crippen molar-refractivity contribution >= 4 is 23.2 Å². The molecule has 7 nitrogen and oxygen atoms in total. The van der Waals surface area contributed by atoms with Crippen LogP contribution >= 0.6 is 0 Å². The number of alkyl halides is 2. The first-order chi connectivity index (χ1) is 12.9. The van der Waals surface area contributed by atoms with E-state index in [0.29, 0.717) is 23.4 Å². The average molecular weight is 373 g/mol. The Kier molecular flexibility index (Phi) is 5.26. The van der Waals surface area contributed by atoms with Crippen LogP contribution in [0.5, 0.6) is 0 Å². The smallest absolute Gasteiger partial charge is 0.251 e. The molecule has 0 atom stereocenters. The maximum absolute atomic E-state index is 13.3. The molecule has 1 aliphatic heterocycles. The highest BCUT2D eigenvalue weighted by Crippen LogP contribution is 2.33. The summed E-state index contributed by atoms with van der Waals surface area (Å²) in [7, 11) is 0. The summed E-state index contributed by atoms with van der Waals surface area (Å²) in [6.07, 6.45) is 3.04. The Labute approximate surface area is 154 Å². The average Bonchev–Trinajstić information content (AvgIpc) is 2.64. The van der Waals surface area contributed by atoms with E-state index in [1.165, 1.54) is 24.4 Å². The number of allylic oxidation sites excluding steroid dienone is 2. The first-order valence-corrected chi connectivity index (χ1v) is 8.47. The number of carbonyl (C=O) groups is 2. The third-order valence-corrected chi connectivity index (χ3v) is 4.33. The number of rotatable bonds is 4. The number of nitriles is 1. The second-order valence-corrected chi connectivity index (χ2v) is 6.38. The maximum atomic E-state index is 13.3. The Bertz CT molecular complexity index is 873. The molecule has 1 aromatic heterocycles. The van der Waals surface area contributed by atoms with Crippen molar-refractivity contribution in [2.24, 2.45) is 5.10 Å². The van der Waals surface area contributed by atoms with Gasteiger partial charge in [-0.05, 0) is 24.1 Å². The SMILES string of the molecule is N#Cc1cc(NC(=O)CN2N=C(C3=CCC(F)(F)CC3)CCC2=O)ccn1. The maximum Gasteiger partial charge on any atom is 0.251 e. The second-order valence-electron chi connectivity index (χ2n) is 6.38. The number of aromatic nitrogens is 1.